The largest absolute Gasteiger partial charge is 0.457 e. The van der Waals surface area contributed by atoms with E-state index < -0.39 is 0 Å². The van der Waals surface area contributed by atoms with Crippen LogP contribution in [0, 0.1) is 25.7 Å². The van der Waals surface area contributed by atoms with E-state index in [-0.39, 0.29) is 29.9 Å². The van der Waals surface area contributed by atoms with Crippen LogP contribution >= 0.6 is 0 Å². The van der Waals surface area contributed by atoms with E-state index in [9.17, 15) is 9.59 Å². The Hall–Kier alpha value is -1.84. The van der Waals surface area contributed by atoms with Crippen molar-refractivity contribution < 1.29 is 19.1 Å². The van der Waals surface area contributed by atoms with E-state index >= 15 is 0 Å². The smallest absolute Gasteiger partial charge is 0.310 e. The molecule has 0 spiro atoms. The minimum atomic E-state index is -0.244. The number of esters is 2. The van der Waals surface area contributed by atoms with Crippen LogP contribution in [0.25, 0.3) is 0 Å². The van der Waals surface area contributed by atoms with Crippen molar-refractivity contribution in [2.75, 3.05) is 0 Å². The number of carbonyl (C=O) groups is 2. The van der Waals surface area contributed by atoms with Gasteiger partial charge >= 0.3 is 11.9 Å². The Bertz CT molecular complexity index is 647. The fraction of sp³-hybridized carbons (Fsp3) is 0.556. The van der Waals surface area contributed by atoms with E-state index in [4.69, 9.17) is 9.47 Å². The van der Waals surface area contributed by atoms with Crippen LogP contribution in [0.4, 0.5) is 0 Å². The summed E-state index contributed by atoms with van der Waals surface area (Å²) < 4.78 is 11.1. The summed E-state index contributed by atoms with van der Waals surface area (Å²) in [6.45, 7) is 7.71. The Morgan fingerprint density at radius 2 is 2.14 bits per heavy atom. The third-order valence-electron chi connectivity index (χ3n) is 5.09. The maximum Gasteiger partial charge on any atom is 0.310 e. The van der Waals surface area contributed by atoms with E-state index in [0.29, 0.717) is 12.2 Å². The molecule has 1 fully saturated rings. The highest BCUT2D eigenvalue weighted by Gasteiger charge is 2.46. The van der Waals surface area contributed by atoms with Crippen LogP contribution in [-0.2, 0) is 20.7 Å². The van der Waals surface area contributed by atoms with Gasteiger partial charge in [-0.25, -0.2) is 0 Å². The van der Waals surface area contributed by atoms with Gasteiger partial charge in [0.1, 0.15) is 11.9 Å². The van der Waals surface area contributed by atoms with Gasteiger partial charge in [0.15, 0.2) is 0 Å². The number of aryl methyl sites for hydroxylation is 1. The molecule has 2 aliphatic rings. The normalized spacial score (nSPS) is 26.2. The number of carbonyl (C=O) groups excluding carboxylic acids is 2. The Balaban J connectivity index is 2.08. The Labute approximate surface area is 130 Å². The van der Waals surface area contributed by atoms with Crippen molar-refractivity contribution in [3.63, 3.8) is 0 Å². The van der Waals surface area contributed by atoms with Gasteiger partial charge in [0.25, 0.3) is 0 Å². The summed E-state index contributed by atoms with van der Waals surface area (Å²) in [4.78, 5) is 23.6. The van der Waals surface area contributed by atoms with Gasteiger partial charge in [0.2, 0.25) is 0 Å². The van der Waals surface area contributed by atoms with Crippen molar-refractivity contribution in [2.24, 2.45) is 11.8 Å². The summed E-state index contributed by atoms with van der Waals surface area (Å²) in [7, 11) is 0. The number of ether oxygens (including phenoxy) is 2. The highest BCUT2D eigenvalue weighted by Crippen LogP contribution is 2.49. The quantitative estimate of drug-likeness (QED) is 0.620. The topological polar surface area (TPSA) is 52.6 Å². The first-order valence-electron chi connectivity index (χ1n) is 7.98. The lowest BCUT2D eigenvalue weighted by atomic mass is 9.74. The molecule has 0 aromatic heterocycles. The van der Waals surface area contributed by atoms with Crippen LogP contribution in [0.2, 0.25) is 0 Å². The second-order valence-electron chi connectivity index (χ2n) is 6.39. The predicted molar refractivity (Wildman–Crippen MR) is 81.7 cm³/mol. The van der Waals surface area contributed by atoms with Gasteiger partial charge in [-0.15, -0.1) is 0 Å². The van der Waals surface area contributed by atoms with Crippen LogP contribution < -0.4 is 4.74 Å². The van der Waals surface area contributed by atoms with Crippen LogP contribution in [0.15, 0.2) is 6.07 Å². The van der Waals surface area contributed by atoms with E-state index in [2.05, 4.69) is 0 Å². The van der Waals surface area contributed by atoms with Crippen LogP contribution in [0.3, 0.4) is 0 Å². The fourth-order valence-electron chi connectivity index (χ4n) is 3.72. The standard InChI is InChI=1S/C18H22O4/c1-5-15(19)21-14-8-9(2)12-6-7-13-10(3)18(20)22-17(13)16(12)11(14)4/h8,10,13,17H,5-7H2,1-4H3/t10-,13-,17+/m0/s1. The van der Waals surface area contributed by atoms with Gasteiger partial charge in [-0.3, -0.25) is 9.59 Å². The van der Waals surface area contributed by atoms with Gasteiger partial charge in [-0.05, 0) is 49.4 Å². The Morgan fingerprint density at radius 3 is 2.82 bits per heavy atom. The summed E-state index contributed by atoms with van der Waals surface area (Å²) in [6.07, 6.45) is 2.07. The van der Waals surface area contributed by atoms with Gasteiger partial charge in [0, 0.05) is 17.9 Å². The lowest BCUT2D eigenvalue weighted by molar-refractivity contribution is -0.144. The van der Waals surface area contributed by atoms with Crippen LogP contribution in [-0.4, -0.2) is 11.9 Å². The van der Waals surface area contributed by atoms with Crippen molar-refractivity contribution >= 4 is 11.9 Å². The molecule has 22 heavy (non-hydrogen) atoms. The van der Waals surface area contributed by atoms with E-state index in [0.717, 1.165) is 29.5 Å². The zero-order valence-corrected chi connectivity index (χ0v) is 13.6. The average molecular weight is 302 g/mol. The number of hydrogen-bond donors (Lipinski definition) is 0. The number of benzene rings is 1. The Morgan fingerprint density at radius 1 is 1.41 bits per heavy atom. The number of hydrogen-bond acceptors (Lipinski definition) is 4. The second-order valence-corrected chi connectivity index (χ2v) is 6.39. The SMILES string of the molecule is CCC(=O)Oc1cc(C)c2c(c1C)[C@@H]1OC(=O)[C@@H](C)[C@@H]1CC2. The molecular formula is C18H22O4. The number of fused-ring (bicyclic) bond motifs is 3. The van der Waals surface area contributed by atoms with E-state index in [1.807, 2.05) is 26.8 Å². The molecule has 0 bridgehead atoms. The second kappa shape index (κ2) is 5.41. The Kier molecular flexibility index (Phi) is 3.71. The molecule has 1 heterocycles. The predicted octanol–water partition coefficient (Wildman–Crippen LogP) is 3.42. The molecule has 1 aromatic rings. The molecule has 0 N–H and O–H groups in total. The van der Waals surface area contributed by atoms with Crippen molar-refractivity contribution in [3.8, 4) is 5.75 Å². The maximum absolute atomic E-state index is 11.9. The summed E-state index contributed by atoms with van der Waals surface area (Å²) >= 11 is 0. The summed E-state index contributed by atoms with van der Waals surface area (Å²) in [6, 6.07) is 1.93. The van der Waals surface area contributed by atoms with Gasteiger partial charge in [-0.1, -0.05) is 13.8 Å². The number of rotatable bonds is 2. The first kappa shape index (κ1) is 15.1. The van der Waals surface area contributed by atoms with Crippen molar-refractivity contribution in [1.82, 2.24) is 0 Å². The van der Waals surface area contributed by atoms with E-state index in [1.54, 1.807) is 6.92 Å². The fourth-order valence-corrected chi connectivity index (χ4v) is 3.72. The van der Waals surface area contributed by atoms with Crippen molar-refractivity contribution in [1.29, 1.82) is 0 Å². The molecule has 0 saturated carbocycles. The van der Waals surface area contributed by atoms with Crippen LogP contribution in [0.5, 0.6) is 5.75 Å². The highest BCUT2D eigenvalue weighted by molar-refractivity contribution is 5.76. The summed E-state index contributed by atoms with van der Waals surface area (Å²) in [5.41, 5.74) is 4.34. The lowest BCUT2D eigenvalue weighted by Gasteiger charge is -2.31. The van der Waals surface area contributed by atoms with Gasteiger partial charge in [-0.2, -0.15) is 0 Å². The molecule has 4 heteroatoms. The molecule has 4 nitrogen and oxygen atoms in total. The summed E-state index contributed by atoms with van der Waals surface area (Å²) in [5, 5.41) is 0. The first-order valence-corrected chi connectivity index (χ1v) is 7.98. The molecule has 118 valence electrons. The zero-order valence-electron chi connectivity index (χ0n) is 13.6. The highest BCUT2D eigenvalue weighted by atomic mass is 16.6. The van der Waals surface area contributed by atoms with Crippen molar-refractivity contribution in [2.45, 2.75) is 53.1 Å². The minimum Gasteiger partial charge on any atom is -0.457 e. The molecule has 1 saturated heterocycles. The average Bonchev–Trinajstić information content (AvgIpc) is 2.79. The van der Waals surface area contributed by atoms with E-state index in [1.165, 1.54) is 5.56 Å². The molecule has 1 aliphatic carbocycles. The third kappa shape index (κ3) is 2.21. The molecule has 3 rings (SSSR count). The molecule has 0 unspecified atom stereocenters. The minimum absolute atomic E-state index is 0.0558. The van der Waals surface area contributed by atoms with Gasteiger partial charge in [0.05, 0.1) is 5.92 Å². The third-order valence-corrected chi connectivity index (χ3v) is 5.09. The van der Waals surface area contributed by atoms with Crippen LogP contribution in [0.1, 0.15) is 55.0 Å². The molecule has 0 amide bonds. The molecule has 3 atom stereocenters. The lowest BCUT2D eigenvalue weighted by Crippen LogP contribution is -2.23. The molecule has 1 aliphatic heterocycles. The molecular weight excluding hydrogens is 280 g/mol. The monoisotopic (exact) mass is 302 g/mol. The molecule has 1 aromatic carbocycles. The zero-order chi connectivity index (χ0) is 16.0. The summed E-state index contributed by atoms with van der Waals surface area (Å²) in [5.74, 6) is 0.414. The van der Waals surface area contributed by atoms with Crippen molar-refractivity contribution in [3.05, 3.63) is 28.3 Å². The van der Waals surface area contributed by atoms with Gasteiger partial charge < -0.3 is 9.47 Å². The maximum atomic E-state index is 11.9. The molecule has 0 radical (unpaired) electrons. The first-order chi connectivity index (χ1) is 10.4.